The Balaban J connectivity index is 2.23. The highest BCUT2D eigenvalue weighted by Gasteiger charge is 2.05. The van der Waals surface area contributed by atoms with Gasteiger partial charge in [-0.15, -0.1) is 0 Å². The lowest BCUT2D eigenvalue weighted by Gasteiger charge is -2.12. The van der Waals surface area contributed by atoms with E-state index in [1.54, 1.807) is 0 Å². The number of allylic oxidation sites excluding steroid dienone is 2. The molecule has 0 bridgehead atoms. The van der Waals surface area contributed by atoms with Gasteiger partial charge in [0.2, 0.25) is 0 Å². The fraction of sp³-hybridized carbons (Fsp3) is 0.600. The summed E-state index contributed by atoms with van der Waals surface area (Å²) in [6.45, 7) is 8.96. The van der Waals surface area contributed by atoms with Gasteiger partial charge in [0, 0.05) is 11.4 Å². The first-order chi connectivity index (χ1) is 10.4. The summed E-state index contributed by atoms with van der Waals surface area (Å²) in [6.07, 6.45) is 11.8. The van der Waals surface area contributed by atoms with Crippen LogP contribution >= 0.6 is 0 Å². The van der Waals surface area contributed by atoms with Crippen LogP contribution in [0.4, 0.5) is 11.4 Å². The maximum Gasteiger partial charge on any atom is 0.0396 e. The minimum atomic E-state index is 0.789. The van der Waals surface area contributed by atoms with E-state index in [2.05, 4.69) is 39.0 Å². The molecule has 0 spiro atoms. The van der Waals surface area contributed by atoms with E-state index in [4.69, 9.17) is 11.5 Å². The van der Waals surface area contributed by atoms with Gasteiger partial charge in [0.1, 0.15) is 0 Å². The van der Waals surface area contributed by atoms with Gasteiger partial charge < -0.3 is 11.5 Å². The van der Waals surface area contributed by atoms with Crippen molar-refractivity contribution in [1.29, 1.82) is 0 Å². The Morgan fingerprint density at radius 1 is 1.05 bits per heavy atom. The van der Waals surface area contributed by atoms with Crippen molar-refractivity contribution in [3.63, 3.8) is 0 Å². The van der Waals surface area contributed by atoms with Gasteiger partial charge in [-0.25, -0.2) is 0 Å². The second-order valence-corrected chi connectivity index (χ2v) is 7.03. The van der Waals surface area contributed by atoms with Crippen molar-refractivity contribution in [1.82, 2.24) is 0 Å². The molecule has 0 aliphatic heterocycles. The van der Waals surface area contributed by atoms with E-state index in [1.807, 2.05) is 13.0 Å². The van der Waals surface area contributed by atoms with Crippen LogP contribution in [0.5, 0.6) is 0 Å². The molecule has 124 valence electrons. The fourth-order valence-corrected chi connectivity index (χ4v) is 2.97. The number of hydrogen-bond acceptors (Lipinski definition) is 2. The lowest BCUT2D eigenvalue weighted by Crippen LogP contribution is -2.01. The van der Waals surface area contributed by atoms with Crippen LogP contribution < -0.4 is 11.5 Å². The van der Waals surface area contributed by atoms with Crippen LogP contribution in [0.3, 0.4) is 0 Å². The second kappa shape index (κ2) is 9.55. The molecule has 1 rings (SSSR count). The van der Waals surface area contributed by atoms with Crippen LogP contribution in [0, 0.1) is 18.8 Å². The second-order valence-electron chi connectivity index (χ2n) is 7.03. The summed E-state index contributed by atoms with van der Waals surface area (Å²) in [4.78, 5) is 0. The average molecular weight is 303 g/mol. The molecule has 0 heterocycles. The molecule has 1 atom stereocenters. The molecule has 0 aliphatic rings. The van der Waals surface area contributed by atoms with E-state index in [0.29, 0.717) is 0 Å². The number of aryl methyl sites for hydroxylation is 1. The number of unbranched alkanes of at least 4 members (excludes halogenated alkanes) is 1. The van der Waals surface area contributed by atoms with Crippen molar-refractivity contribution in [2.24, 2.45) is 11.8 Å². The molecule has 0 radical (unpaired) electrons. The van der Waals surface area contributed by atoms with Crippen molar-refractivity contribution in [3.05, 3.63) is 35.4 Å². The van der Waals surface area contributed by atoms with Gasteiger partial charge in [0.25, 0.3) is 0 Å². The largest absolute Gasteiger partial charge is 0.398 e. The van der Waals surface area contributed by atoms with Gasteiger partial charge in [0.15, 0.2) is 0 Å². The van der Waals surface area contributed by atoms with Gasteiger partial charge >= 0.3 is 0 Å². The molecule has 0 aliphatic carbocycles. The van der Waals surface area contributed by atoms with Gasteiger partial charge in [-0.1, -0.05) is 39.0 Å². The van der Waals surface area contributed by atoms with Crippen LogP contribution in [0.2, 0.25) is 0 Å². The van der Waals surface area contributed by atoms with Gasteiger partial charge in [-0.2, -0.15) is 0 Å². The summed E-state index contributed by atoms with van der Waals surface area (Å²) in [5.74, 6) is 1.65. The third-order valence-electron chi connectivity index (χ3n) is 4.33. The highest BCUT2D eigenvalue weighted by atomic mass is 14.6. The normalized spacial score (nSPS) is 13.1. The van der Waals surface area contributed by atoms with E-state index in [0.717, 1.165) is 48.0 Å². The molecule has 0 amide bonds. The topological polar surface area (TPSA) is 52.0 Å². The van der Waals surface area contributed by atoms with Crippen LogP contribution in [0.25, 0.3) is 0 Å². The molecule has 2 nitrogen and oxygen atoms in total. The Hall–Kier alpha value is -1.44. The average Bonchev–Trinajstić information content (AvgIpc) is 2.45. The Morgan fingerprint density at radius 3 is 2.41 bits per heavy atom. The molecule has 0 aromatic heterocycles. The highest BCUT2D eigenvalue weighted by molar-refractivity contribution is 5.64. The molecular weight excluding hydrogens is 268 g/mol. The van der Waals surface area contributed by atoms with Crippen LogP contribution in [-0.4, -0.2) is 0 Å². The summed E-state index contributed by atoms with van der Waals surface area (Å²) in [7, 11) is 0. The van der Waals surface area contributed by atoms with E-state index in [9.17, 15) is 0 Å². The zero-order valence-electron chi connectivity index (χ0n) is 14.9. The summed E-state index contributed by atoms with van der Waals surface area (Å²) < 4.78 is 0. The highest BCUT2D eigenvalue weighted by Crippen LogP contribution is 2.24. The van der Waals surface area contributed by atoms with Gasteiger partial charge in [-0.3, -0.25) is 0 Å². The molecule has 0 saturated heterocycles. The number of rotatable bonds is 9. The molecule has 0 fully saturated rings. The monoisotopic (exact) mass is 302 g/mol. The van der Waals surface area contributed by atoms with Crippen molar-refractivity contribution in [2.75, 3.05) is 11.5 Å². The molecule has 4 N–H and O–H groups in total. The summed E-state index contributed by atoms with van der Waals surface area (Å²) in [5, 5.41) is 0. The Labute approximate surface area is 137 Å². The molecule has 1 aromatic carbocycles. The Kier molecular flexibility index (Phi) is 8.08. The fourth-order valence-electron chi connectivity index (χ4n) is 2.97. The van der Waals surface area contributed by atoms with Crippen LogP contribution in [0.15, 0.2) is 24.3 Å². The van der Waals surface area contributed by atoms with Crippen molar-refractivity contribution in [3.8, 4) is 0 Å². The lowest BCUT2D eigenvalue weighted by atomic mass is 9.94. The Bertz CT molecular complexity index is 475. The van der Waals surface area contributed by atoms with Gasteiger partial charge in [0.05, 0.1) is 0 Å². The third kappa shape index (κ3) is 6.55. The van der Waals surface area contributed by atoms with Gasteiger partial charge in [-0.05, 0) is 74.5 Å². The van der Waals surface area contributed by atoms with E-state index in [1.165, 1.54) is 24.8 Å². The standard InChI is InChI=1S/C20H34N2/c1-15(2)14-16(3)10-8-6-5-7-9-11-18-12-13-19(21)17(4)20(18)22/h5-6,12-13,15-16H,7-11,14,21-22H2,1-4H3. The number of hydrogen-bond donors (Lipinski definition) is 2. The number of benzene rings is 1. The first kappa shape index (κ1) is 18.6. The van der Waals surface area contributed by atoms with Crippen LogP contribution in [-0.2, 0) is 6.42 Å². The minimum absolute atomic E-state index is 0.789. The third-order valence-corrected chi connectivity index (χ3v) is 4.33. The van der Waals surface area contributed by atoms with Crippen LogP contribution in [0.1, 0.15) is 64.0 Å². The van der Waals surface area contributed by atoms with Crippen molar-refractivity contribution >= 4 is 11.4 Å². The van der Waals surface area contributed by atoms with E-state index >= 15 is 0 Å². The first-order valence-corrected chi connectivity index (χ1v) is 8.70. The number of anilines is 2. The van der Waals surface area contributed by atoms with E-state index < -0.39 is 0 Å². The predicted octanol–water partition coefficient (Wildman–Crippen LogP) is 5.50. The summed E-state index contributed by atoms with van der Waals surface area (Å²) in [6, 6.07) is 4.03. The summed E-state index contributed by atoms with van der Waals surface area (Å²) >= 11 is 0. The maximum atomic E-state index is 6.12. The first-order valence-electron chi connectivity index (χ1n) is 8.70. The van der Waals surface area contributed by atoms with E-state index in [-0.39, 0.29) is 0 Å². The zero-order valence-corrected chi connectivity index (χ0v) is 14.9. The molecule has 1 unspecified atom stereocenters. The number of nitrogens with two attached hydrogens (primary N) is 2. The smallest absolute Gasteiger partial charge is 0.0396 e. The molecular formula is C20H34N2. The SMILES string of the molecule is Cc1c(N)ccc(CCCC=CCCC(C)CC(C)C)c1N. The maximum absolute atomic E-state index is 6.12. The minimum Gasteiger partial charge on any atom is -0.398 e. The van der Waals surface area contributed by atoms with Crippen molar-refractivity contribution < 1.29 is 0 Å². The lowest BCUT2D eigenvalue weighted by molar-refractivity contribution is 0.418. The molecule has 0 saturated carbocycles. The quantitative estimate of drug-likeness (QED) is 0.359. The Morgan fingerprint density at radius 2 is 1.73 bits per heavy atom. The molecule has 1 aromatic rings. The molecule has 22 heavy (non-hydrogen) atoms. The zero-order chi connectivity index (χ0) is 16.5. The predicted molar refractivity (Wildman–Crippen MR) is 99.9 cm³/mol. The number of nitrogen functional groups attached to an aromatic ring is 2. The molecule has 2 heteroatoms. The summed E-state index contributed by atoms with van der Waals surface area (Å²) in [5.41, 5.74) is 15.9. The van der Waals surface area contributed by atoms with Crippen molar-refractivity contribution in [2.45, 2.75) is 66.2 Å².